The first-order valence-corrected chi connectivity index (χ1v) is 9.61. The molecule has 1 aliphatic heterocycles. The molecule has 2 aliphatic carbocycles. The van der Waals surface area contributed by atoms with Gasteiger partial charge in [0.25, 0.3) is 0 Å². The number of ether oxygens (including phenoxy) is 1. The second-order valence-corrected chi connectivity index (χ2v) is 7.91. The number of benzene rings is 1. The number of hydrogen-bond donors (Lipinski definition) is 2. The Balaban J connectivity index is 1.46. The molecule has 2 saturated carbocycles. The van der Waals surface area contributed by atoms with E-state index in [4.69, 9.17) is 4.74 Å². The summed E-state index contributed by atoms with van der Waals surface area (Å²) in [6.45, 7) is 2.70. The normalized spacial score (nSPS) is 30.8. The highest BCUT2D eigenvalue weighted by Gasteiger charge is 2.65. The fourth-order valence-corrected chi connectivity index (χ4v) is 5.36. The summed E-state index contributed by atoms with van der Waals surface area (Å²) >= 11 is 0. The highest BCUT2D eigenvalue weighted by molar-refractivity contribution is 5.80. The Labute approximate surface area is 153 Å². The topological polar surface area (TPSA) is 45.7 Å². The minimum Gasteiger partial charge on any atom is -0.377 e. The van der Waals surface area contributed by atoms with E-state index in [9.17, 15) is 8.78 Å². The average molecular weight is 363 g/mol. The Morgan fingerprint density at radius 1 is 1.31 bits per heavy atom. The van der Waals surface area contributed by atoms with Crippen molar-refractivity contribution in [3.63, 3.8) is 0 Å². The van der Waals surface area contributed by atoms with Gasteiger partial charge in [-0.15, -0.1) is 0 Å². The number of fused-ring (bicyclic) bond motifs is 2. The molecule has 2 N–H and O–H groups in total. The number of rotatable bonds is 3. The van der Waals surface area contributed by atoms with Crippen molar-refractivity contribution >= 4 is 5.96 Å². The fraction of sp³-hybridized carbons (Fsp3) is 0.650. The molecule has 0 amide bonds. The highest BCUT2D eigenvalue weighted by Crippen LogP contribution is 2.60. The molecule has 4 atom stereocenters. The van der Waals surface area contributed by atoms with Crippen LogP contribution >= 0.6 is 0 Å². The van der Waals surface area contributed by atoms with E-state index in [-0.39, 0.29) is 11.5 Å². The molecule has 0 bridgehead atoms. The third-order valence-corrected chi connectivity index (χ3v) is 6.58. The van der Waals surface area contributed by atoms with E-state index >= 15 is 0 Å². The lowest BCUT2D eigenvalue weighted by molar-refractivity contribution is -0.125. The molecule has 4 nitrogen and oxygen atoms in total. The zero-order valence-corrected chi connectivity index (χ0v) is 15.4. The Bertz CT molecular complexity index is 702. The molecule has 1 saturated heterocycles. The molecule has 1 aromatic carbocycles. The maximum Gasteiger partial charge on any atom is 0.191 e. The number of nitrogens with zero attached hydrogens (tertiary/aromatic N) is 1. The summed E-state index contributed by atoms with van der Waals surface area (Å²) in [5.41, 5.74) is 0.656. The quantitative estimate of drug-likeness (QED) is 0.638. The SMILES string of the molecule is CN=C(NC(C)c1ccc(F)cc1F)NC1C2CCOC2C12CCCC2. The molecule has 4 rings (SSSR count). The van der Waals surface area contributed by atoms with Crippen molar-refractivity contribution in [2.24, 2.45) is 16.3 Å². The first-order valence-electron chi connectivity index (χ1n) is 9.61. The van der Waals surface area contributed by atoms with Crippen molar-refractivity contribution in [3.8, 4) is 0 Å². The molecule has 0 radical (unpaired) electrons. The molecule has 26 heavy (non-hydrogen) atoms. The van der Waals surface area contributed by atoms with Crippen LogP contribution in [0.4, 0.5) is 8.78 Å². The summed E-state index contributed by atoms with van der Waals surface area (Å²) < 4.78 is 33.2. The summed E-state index contributed by atoms with van der Waals surface area (Å²) in [4.78, 5) is 4.35. The van der Waals surface area contributed by atoms with Crippen molar-refractivity contribution in [1.29, 1.82) is 0 Å². The summed E-state index contributed by atoms with van der Waals surface area (Å²) in [5.74, 6) is 0.0962. The Hall–Kier alpha value is -1.69. The van der Waals surface area contributed by atoms with Gasteiger partial charge in [-0.1, -0.05) is 18.9 Å². The van der Waals surface area contributed by atoms with E-state index < -0.39 is 11.6 Å². The molecule has 1 spiro atoms. The molecular formula is C20H27F2N3O. The predicted octanol–water partition coefficient (Wildman–Crippen LogP) is 3.54. The Kier molecular flexibility index (Phi) is 4.63. The Morgan fingerprint density at radius 3 is 2.77 bits per heavy atom. The summed E-state index contributed by atoms with van der Waals surface area (Å²) in [5, 5.41) is 6.87. The van der Waals surface area contributed by atoms with Crippen molar-refractivity contribution in [2.75, 3.05) is 13.7 Å². The molecule has 1 heterocycles. The lowest BCUT2D eigenvalue weighted by Crippen LogP contribution is -2.69. The minimum atomic E-state index is -0.564. The van der Waals surface area contributed by atoms with Gasteiger partial charge in [-0.25, -0.2) is 8.78 Å². The van der Waals surface area contributed by atoms with Crippen LogP contribution in [0, 0.1) is 23.0 Å². The fourth-order valence-electron chi connectivity index (χ4n) is 5.36. The van der Waals surface area contributed by atoms with Gasteiger partial charge in [-0.2, -0.15) is 0 Å². The first kappa shape index (κ1) is 17.7. The van der Waals surface area contributed by atoms with Gasteiger partial charge in [-0.05, 0) is 32.3 Å². The molecular weight excluding hydrogens is 336 g/mol. The van der Waals surface area contributed by atoms with Gasteiger partial charge in [0.2, 0.25) is 0 Å². The van der Waals surface area contributed by atoms with Crippen LogP contribution in [0.2, 0.25) is 0 Å². The van der Waals surface area contributed by atoms with Crippen LogP contribution in [0.1, 0.15) is 50.6 Å². The molecule has 3 fully saturated rings. The molecule has 1 aromatic rings. The molecule has 0 aromatic heterocycles. The zero-order valence-electron chi connectivity index (χ0n) is 15.4. The van der Waals surface area contributed by atoms with Crippen molar-refractivity contribution in [2.45, 2.75) is 57.2 Å². The lowest BCUT2D eigenvalue weighted by atomic mass is 9.54. The second-order valence-electron chi connectivity index (χ2n) is 7.91. The molecule has 3 aliphatic rings. The molecule has 6 heteroatoms. The molecule has 142 valence electrons. The van der Waals surface area contributed by atoms with E-state index in [1.807, 2.05) is 6.92 Å². The van der Waals surface area contributed by atoms with E-state index in [1.165, 1.54) is 37.8 Å². The van der Waals surface area contributed by atoms with Crippen molar-refractivity contribution in [1.82, 2.24) is 10.6 Å². The van der Waals surface area contributed by atoms with Crippen LogP contribution in [-0.2, 0) is 4.74 Å². The van der Waals surface area contributed by atoms with Crippen LogP contribution in [0.5, 0.6) is 0 Å². The highest BCUT2D eigenvalue weighted by atomic mass is 19.1. The number of aliphatic imine (C=N–C) groups is 1. The number of guanidine groups is 1. The van der Waals surface area contributed by atoms with Crippen molar-refractivity contribution in [3.05, 3.63) is 35.4 Å². The summed E-state index contributed by atoms with van der Waals surface area (Å²) in [6, 6.07) is 3.74. The monoisotopic (exact) mass is 363 g/mol. The second kappa shape index (κ2) is 6.80. The smallest absolute Gasteiger partial charge is 0.191 e. The first-order chi connectivity index (χ1) is 12.5. The van der Waals surface area contributed by atoms with E-state index in [1.54, 1.807) is 7.05 Å². The van der Waals surface area contributed by atoms with Crippen LogP contribution < -0.4 is 10.6 Å². The maximum atomic E-state index is 14.1. The van der Waals surface area contributed by atoms with Crippen LogP contribution in [0.25, 0.3) is 0 Å². The van der Waals surface area contributed by atoms with Gasteiger partial charge in [0.05, 0.1) is 12.1 Å². The maximum absolute atomic E-state index is 14.1. The van der Waals surface area contributed by atoms with Crippen molar-refractivity contribution < 1.29 is 13.5 Å². The number of halogens is 2. The lowest BCUT2D eigenvalue weighted by Gasteiger charge is -2.57. The van der Waals surface area contributed by atoms with E-state index in [0.29, 0.717) is 29.6 Å². The van der Waals surface area contributed by atoms with Gasteiger partial charge >= 0.3 is 0 Å². The van der Waals surface area contributed by atoms with Crippen LogP contribution in [-0.4, -0.2) is 31.8 Å². The average Bonchev–Trinajstić information content (AvgIpc) is 3.26. The third-order valence-electron chi connectivity index (χ3n) is 6.58. The summed E-state index contributed by atoms with van der Waals surface area (Å²) in [7, 11) is 1.73. The number of nitrogens with one attached hydrogen (secondary N) is 2. The van der Waals surface area contributed by atoms with Gasteiger partial charge in [-0.3, -0.25) is 4.99 Å². The van der Waals surface area contributed by atoms with E-state index in [0.717, 1.165) is 19.1 Å². The largest absolute Gasteiger partial charge is 0.377 e. The van der Waals surface area contributed by atoms with Gasteiger partial charge < -0.3 is 15.4 Å². The van der Waals surface area contributed by atoms with Gasteiger partial charge in [0.15, 0.2) is 5.96 Å². The molecule has 4 unspecified atom stereocenters. The zero-order chi connectivity index (χ0) is 18.3. The minimum absolute atomic E-state index is 0.225. The van der Waals surface area contributed by atoms with Crippen LogP contribution in [0.3, 0.4) is 0 Å². The Morgan fingerprint density at radius 2 is 2.08 bits per heavy atom. The van der Waals surface area contributed by atoms with Crippen LogP contribution in [0.15, 0.2) is 23.2 Å². The van der Waals surface area contributed by atoms with Gasteiger partial charge in [0.1, 0.15) is 11.6 Å². The predicted molar refractivity (Wildman–Crippen MR) is 96.9 cm³/mol. The number of hydrogen-bond acceptors (Lipinski definition) is 2. The summed E-state index contributed by atoms with van der Waals surface area (Å²) in [6.07, 6.45) is 6.38. The third kappa shape index (κ3) is 2.79. The van der Waals surface area contributed by atoms with E-state index in [2.05, 4.69) is 15.6 Å². The standard InChI is InChI=1S/C20H27F2N3O/c1-12(14-6-5-13(21)11-16(14)22)24-19(23-2)25-17-15-7-10-26-18(15)20(17)8-3-4-9-20/h5-6,11-12,15,17-18H,3-4,7-10H2,1-2H3,(H2,23,24,25). The van der Waals surface area contributed by atoms with Gasteiger partial charge in [0, 0.05) is 42.7 Å².